The first-order valence-electron chi connectivity index (χ1n) is 6.62. The van der Waals surface area contributed by atoms with E-state index in [1.54, 1.807) is 0 Å². The van der Waals surface area contributed by atoms with E-state index in [1.165, 1.54) is 0 Å². The monoisotopic (exact) mass is 288 g/mol. The summed E-state index contributed by atoms with van der Waals surface area (Å²) < 4.78 is 12.0. The van der Waals surface area contributed by atoms with Gasteiger partial charge in [0, 0.05) is 17.7 Å². The van der Waals surface area contributed by atoms with Crippen LogP contribution < -0.4 is 9.47 Å². The van der Waals surface area contributed by atoms with Crippen molar-refractivity contribution in [2.24, 2.45) is 0 Å². The van der Waals surface area contributed by atoms with Crippen LogP contribution in [0.5, 0.6) is 11.5 Å². The van der Waals surface area contributed by atoms with Crippen LogP contribution in [0.2, 0.25) is 0 Å². The van der Waals surface area contributed by atoms with E-state index < -0.39 is 0 Å². The van der Waals surface area contributed by atoms with Crippen molar-refractivity contribution in [3.05, 3.63) is 34.2 Å². The minimum atomic E-state index is 0.641. The molecule has 0 atom stereocenters. The first-order chi connectivity index (χ1) is 9.65. The molecule has 0 saturated heterocycles. The molecule has 5 heteroatoms. The van der Waals surface area contributed by atoms with Crippen LogP contribution in [0.1, 0.15) is 17.8 Å². The van der Waals surface area contributed by atoms with Gasteiger partial charge in [0.15, 0.2) is 11.5 Å². The lowest BCUT2D eigenvalue weighted by Crippen LogP contribution is -1.97. The molecular formula is C15H16N2O2S. The van der Waals surface area contributed by atoms with Crippen molar-refractivity contribution < 1.29 is 9.47 Å². The van der Waals surface area contributed by atoms with Gasteiger partial charge in [0.25, 0.3) is 0 Å². The van der Waals surface area contributed by atoms with Crippen LogP contribution >= 0.6 is 12.2 Å². The predicted octanol–water partition coefficient (Wildman–Crippen LogP) is 3.58. The number of fused-ring (bicyclic) bond motifs is 1. The summed E-state index contributed by atoms with van der Waals surface area (Å²) in [6, 6.07) is 5.83. The number of H-pyrrole nitrogens is 1. The first-order valence-corrected chi connectivity index (χ1v) is 7.03. The minimum Gasteiger partial charge on any atom is -0.490 e. The van der Waals surface area contributed by atoms with Crippen molar-refractivity contribution >= 4 is 12.2 Å². The van der Waals surface area contributed by atoms with Crippen molar-refractivity contribution in [2.75, 3.05) is 13.2 Å². The quantitative estimate of drug-likeness (QED) is 0.815. The molecule has 20 heavy (non-hydrogen) atoms. The highest BCUT2D eigenvalue weighted by atomic mass is 32.1. The fraction of sp³-hybridized carbons (Fsp3) is 0.333. The maximum Gasteiger partial charge on any atom is 0.161 e. The van der Waals surface area contributed by atoms with Crippen LogP contribution in [0.3, 0.4) is 0 Å². The highest BCUT2D eigenvalue weighted by Crippen LogP contribution is 2.33. The standard InChI is InChI=1S/C15H16N2O2S/c1-9-10(2)17-15(20)14(16-9)11-4-5-12-13(8-11)19-7-3-6-18-12/h4-5,8H,3,6-7H2,1-2H3,(H,17,20). The zero-order valence-corrected chi connectivity index (χ0v) is 12.3. The van der Waals surface area contributed by atoms with Crippen LogP contribution in [0, 0.1) is 18.5 Å². The Bertz CT molecular complexity index is 710. The third kappa shape index (κ3) is 2.41. The Hall–Kier alpha value is -1.88. The molecule has 2 heterocycles. The molecule has 1 aliphatic rings. The third-order valence-corrected chi connectivity index (χ3v) is 3.65. The van der Waals surface area contributed by atoms with Gasteiger partial charge in [0.05, 0.1) is 18.9 Å². The summed E-state index contributed by atoms with van der Waals surface area (Å²) in [4.78, 5) is 7.76. The van der Waals surface area contributed by atoms with E-state index >= 15 is 0 Å². The maximum absolute atomic E-state index is 5.71. The van der Waals surface area contributed by atoms with Gasteiger partial charge in [-0.15, -0.1) is 0 Å². The SMILES string of the molecule is Cc1nc(-c2ccc3c(c2)OCCCO3)c(=S)[nH]c1C. The molecule has 0 unspecified atom stereocenters. The zero-order valence-electron chi connectivity index (χ0n) is 11.5. The first kappa shape index (κ1) is 13.1. The van der Waals surface area contributed by atoms with Gasteiger partial charge in [0.1, 0.15) is 10.3 Å². The van der Waals surface area contributed by atoms with Crippen LogP contribution in [-0.2, 0) is 0 Å². The molecule has 3 rings (SSSR count). The Morgan fingerprint density at radius 1 is 1.15 bits per heavy atom. The van der Waals surface area contributed by atoms with Gasteiger partial charge in [-0.1, -0.05) is 12.2 Å². The highest BCUT2D eigenvalue weighted by Gasteiger charge is 2.13. The van der Waals surface area contributed by atoms with E-state index in [4.69, 9.17) is 21.7 Å². The largest absolute Gasteiger partial charge is 0.490 e. The lowest BCUT2D eigenvalue weighted by molar-refractivity contribution is 0.297. The van der Waals surface area contributed by atoms with Crippen LogP contribution in [-0.4, -0.2) is 23.2 Å². The minimum absolute atomic E-state index is 0.641. The maximum atomic E-state index is 5.71. The summed E-state index contributed by atoms with van der Waals surface area (Å²) in [7, 11) is 0. The summed E-state index contributed by atoms with van der Waals surface area (Å²) in [5.74, 6) is 1.54. The summed E-state index contributed by atoms with van der Waals surface area (Å²) in [5, 5.41) is 0. The molecule has 1 aromatic carbocycles. The molecule has 0 saturated carbocycles. The number of aryl methyl sites for hydroxylation is 2. The number of aromatic amines is 1. The third-order valence-electron chi connectivity index (χ3n) is 3.36. The zero-order chi connectivity index (χ0) is 14.1. The normalized spacial score (nSPS) is 13.9. The van der Waals surface area contributed by atoms with Gasteiger partial charge < -0.3 is 14.5 Å². The Kier molecular flexibility index (Phi) is 3.44. The van der Waals surface area contributed by atoms with Gasteiger partial charge in [-0.05, 0) is 32.0 Å². The number of benzene rings is 1. The van der Waals surface area contributed by atoms with Crippen LogP contribution in [0.25, 0.3) is 11.3 Å². The number of nitrogens with zero attached hydrogens (tertiary/aromatic N) is 1. The molecule has 0 spiro atoms. The molecule has 1 aliphatic heterocycles. The summed E-state index contributed by atoms with van der Waals surface area (Å²) >= 11 is 5.37. The Balaban J connectivity index is 2.09. The van der Waals surface area contributed by atoms with E-state index in [2.05, 4.69) is 9.97 Å². The van der Waals surface area contributed by atoms with Crippen LogP contribution in [0.4, 0.5) is 0 Å². The Morgan fingerprint density at radius 2 is 1.90 bits per heavy atom. The van der Waals surface area contributed by atoms with E-state index in [9.17, 15) is 0 Å². The molecule has 0 radical (unpaired) electrons. The number of nitrogens with one attached hydrogen (secondary N) is 1. The summed E-state index contributed by atoms with van der Waals surface area (Å²) in [6.07, 6.45) is 0.895. The van der Waals surface area contributed by atoms with E-state index in [0.29, 0.717) is 17.9 Å². The second-order valence-electron chi connectivity index (χ2n) is 4.84. The number of hydrogen-bond donors (Lipinski definition) is 1. The number of aromatic nitrogens is 2. The predicted molar refractivity (Wildman–Crippen MR) is 79.9 cm³/mol. The summed E-state index contributed by atoms with van der Waals surface area (Å²) in [5.41, 5.74) is 3.66. The molecule has 104 valence electrons. The van der Waals surface area contributed by atoms with Crippen molar-refractivity contribution in [2.45, 2.75) is 20.3 Å². The molecule has 1 N–H and O–H groups in total. The van der Waals surface area contributed by atoms with E-state index in [-0.39, 0.29) is 0 Å². The number of rotatable bonds is 1. The van der Waals surface area contributed by atoms with Crippen molar-refractivity contribution in [1.82, 2.24) is 9.97 Å². The number of ether oxygens (including phenoxy) is 2. The molecule has 0 fully saturated rings. The Morgan fingerprint density at radius 3 is 2.70 bits per heavy atom. The smallest absolute Gasteiger partial charge is 0.161 e. The van der Waals surface area contributed by atoms with E-state index in [1.807, 2.05) is 32.0 Å². The second-order valence-corrected chi connectivity index (χ2v) is 5.25. The topological polar surface area (TPSA) is 47.1 Å². The van der Waals surface area contributed by atoms with Gasteiger partial charge >= 0.3 is 0 Å². The molecule has 4 nitrogen and oxygen atoms in total. The molecule has 0 aliphatic carbocycles. The fourth-order valence-corrected chi connectivity index (χ4v) is 2.45. The second kappa shape index (κ2) is 5.25. The van der Waals surface area contributed by atoms with Gasteiger partial charge in [-0.2, -0.15) is 0 Å². The molecule has 0 amide bonds. The Labute approximate surface area is 122 Å². The van der Waals surface area contributed by atoms with Gasteiger partial charge in [-0.25, -0.2) is 4.98 Å². The number of hydrogen-bond acceptors (Lipinski definition) is 4. The van der Waals surface area contributed by atoms with Crippen molar-refractivity contribution in [3.8, 4) is 22.8 Å². The van der Waals surface area contributed by atoms with Gasteiger partial charge in [-0.3, -0.25) is 0 Å². The molecule has 2 aromatic rings. The van der Waals surface area contributed by atoms with Crippen molar-refractivity contribution in [3.63, 3.8) is 0 Å². The molecule has 0 bridgehead atoms. The highest BCUT2D eigenvalue weighted by molar-refractivity contribution is 7.71. The fourth-order valence-electron chi connectivity index (χ4n) is 2.13. The van der Waals surface area contributed by atoms with E-state index in [0.717, 1.165) is 40.6 Å². The average Bonchev–Trinajstić information content (AvgIpc) is 2.67. The lowest BCUT2D eigenvalue weighted by atomic mass is 10.1. The molecule has 1 aromatic heterocycles. The van der Waals surface area contributed by atoms with Crippen molar-refractivity contribution in [1.29, 1.82) is 0 Å². The lowest BCUT2D eigenvalue weighted by Gasteiger charge is -2.10. The summed E-state index contributed by atoms with van der Waals surface area (Å²) in [6.45, 7) is 5.29. The average molecular weight is 288 g/mol. The molecular weight excluding hydrogens is 272 g/mol. The van der Waals surface area contributed by atoms with Crippen LogP contribution in [0.15, 0.2) is 18.2 Å². The van der Waals surface area contributed by atoms with Gasteiger partial charge in [0.2, 0.25) is 0 Å².